The first kappa shape index (κ1) is 15.1. The molecule has 1 heterocycles. The summed E-state index contributed by atoms with van der Waals surface area (Å²) in [4.78, 5) is 0. The van der Waals surface area contributed by atoms with Gasteiger partial charge in [-0.1, -0.05) is 20.8 Å². The average molecular weight is 288 g/mol. The molecule has 1 aromatic rings. The zero-order chi connectivity index (χ0) is 15.4. The van der Waals surface area contributed by atoms with Gasteiger partial charge in [0.25, 0.3) is 0 Å². The molecule has 0 saturated heterocycles. The monoisotopic (exact) mass is 288 g/mol. The van der Waals surface area contributed by atoms with Crippen molar-refractivity contribution in [3.05, 3.63) is 17.5 Å². The second kappa shape index (κ2) is 4.86. The Balaban J connectivity index is 1.74. The molecule has 2 nitrogen and oxygen atoms in total. The van der Waals surface area contributed by atoms with Crippen LogP contribution in [0.2, 0.25) is 0 Å². The lowest BCUT2D eigenvalue weighted by atomic mass is 9.88. The van der Waals surface area contributed by atoms with Crippen LogP contribution in [0.4, 0.5) is 0 Å². The highest BCUT2D eigenvalue weighted by molar-refractivity contribution is 5.22. The van der Waals surface area contributed by atoms with E-state index in [-0.39, 0.29) is 5.54 Å². The van der Waals surface area contributed by atoms with Gasteiger partial charge in [0.05, 0.1) is 11.7 Å². The molecule has 21 heavy (non-hydrogen) atoms. The smallest absolute Gasteiger partial charge is 0.0546 e. The van der Waals surface area contributed by atoms with Gasteiger partial charge < -0.3 is 0 Å². The molecule has 0 spiro atoms. The number of hydrogen-bond donors (Lipinski definition) is 0. The van der Waals surface area contributed by atoms with E-state index in [0.717, 1.165) is 17.8 Å². The van der Waals surface area contributed by atoms with Crippen LogP contribution in [0, 0.1) is 23.2 Å². The number of nitrogens with zero attached hydrogens (tertiary/aromatic N) is 2. The van der Waals surface area contributed by atoms with Gasteiger partial charge in [-0.3, -0.25) is 4.68 Å². The highest BCUT2D eigenvalue weighted by atomic mass is 15.3. The summed E-state index contributed by atoms with van der Waals surface area (Å²) in [5.41, 5.74) is 3.63. The third-order valence-electron chi connectivity index (χ3n) is 5.41. The standard InChI is InChI=1S/C19H32N2/c1-18(2,3)11-16-14-8-7-13-12-20-21(19(4,5)6)17(13)10-9-15(14)16/h12,14-16H,7-11H2,1-6H3/t14-,15+,16?/m1/s1. The van der Waals surface area contributed by atoms with Gasteiger partial charge in [-0.2, -0.15) is 5.10 Å². The Kier molecular flexibility index (Phi) is 3.50. The zero-order valence-electron chi connectivity index (χ0n) is 14.7. The van der Waals surface area contributed by atoms with Crippen molar-refractivity contribution in [2.45, 2.75) is 79.2 Å². The molecule has 0 amide bonds. The maximum absolute atomic E-state index is 4.69. The molecule has 1 fully saturated rings. The van der Waals surface area contributed by atoms with Crippen molar-refractivity contribution in [1.82, 2.24) is 9.78 Å². The van der Waals surface area contributed by atoms with Gasteiger partial charge in [-0.15, -0.1) is 0 Å². The summed E-state index contributed by atoms with van der Waals surface area (Å²) in [5.74, 6) is 2.97. The maximum atomic E-state index is 4.69. The Morgan fingerprint density at radius 2 is 1.67 bits per heavy atom. The van der Waals surface area contributed by atoms with Crippen LogP contribution in [0.15, 0.2) is 6.20 Å². The predicted octanol–water partition coefficient (Wildman–Crippen LogP) is 4.82. The maximum Gasteiger partial charge on any atom is 0.0546 e. The van der Waals surface area contributed by atoms with Gasteiger partial charge >= 0.3 is 0 Å². The van der Waals surface area contributed by atoms with Crippen LogP contribution in [0.25, 0.3) is 0 Å². The number of rotatable bonds is 1. The van der Waals surface area contributed by atoms with Gasteiger partial charge in [0, 0.05) is 5.69 Å². The summed E-state index contributed by atoms with van der Waals surface area (Å²) >= 11 is 0. The quantitative estimate of drug-likeness (QED) is 0.724. The van der Waals surface area contributed by atoms with E-state index in [1.165, 1.54) is 43.4 Å². The van der Waals surface area contributed by atoms with Crippen molar-refractivity contribution in [2.75, 3.05) is 0 Å². The van der Waals surface area contributed by atoms with E-state index in [2.05, 4.69) is 57.5 Å². The molecule has 3 atom stereocenters. The van der Waals surface area contributed by atoms with Crippen LogP contribution >= 0.6 is 0 Å². The van der Waals surface area contributed by atoms with Crippen molar-refractivity contribution >= 4 is 0 Å². The SMILES string of the molecule is CC(C)(C)CC1[C@H]2CCc3c(cnn3C(C)(C)C)CC[C@@H]12. The topological polar surface area (TPSA) is 17.8 Å². The molecule has 1 unspecified atom stereocenters. The fourth-order valence-electron chi connectivity index (χ4n) is 4.48. The largest absolute Gasteiger partial charge is 0.264 e. The van der Waals surface area contributed by atoms with Gasteiger partial charge in [-0.05, 0) is 81.6 Å². The first-order chi connectivity index (χ1) is 9.67. The normalized spacial score (nSPS) is 29.3. The first-order valence-electron chi connectivity index (χ1n) is 8.73. The Hall–Kier alpha value is -0.790. The lowest BCUT2D eigenvalue weighted by molar-refractivity contribution is 0.332. The number of aryl methyl sites for hydroxylation is 1. The van der Waals surface area contributed by atoms with E-state index < -0.39 is 0 Å². The molecule has 3 rings (SSSR count). The van der Waals surface area contributed by atoms with Gasteiger partial charge in [0.15, 0.2) is 0 Å². The second-order valence-corrected chi connectivity index (χ2v) is 9.53. The van der Waals surface area contributed by atoms with E-state index in [1.807, 2.05) is 0 Å². The van der Waals surface area contributed by atoms with Gasteiger partial charge in [0.1, 0.15) is 0 Å². The van der Waals surface area contributed by atoms with E-state index in [4.69, 9.17) is 0 Å². The van der Waals surface area contributed by atoms with Crippen molar-refractivity contribution in [3.8, 4) is 0 Å². The minimum absolute atomic E-state index is 0.112. The predicted molar refractivity (Wildman–Crippen MR) is 88.4 cm³/mol. The third-order valence-corrected chi connectivity index (χ3v) is 5.41. The molecule has 0 bridgehead atoms. The molecule has 2 aliphatic rings. The van der Waals surface area contributed by atoms with Crippen molar-refractivity contribution in [3.63, 3.8) is 0 Å². The molecule has 2 heteroatoms. The van der Waals surface area contributed by atoms with Gasteiger partial charge in [-0.25, -0.2) is 0 Å². The molecule has 118 valence electrons. The van der Waals surface area contributed by atoms with E-state index in [0.29, 0.717) is 5.41 Å². The number of aromatic nitrogens is 2. The van der Waals surface area contributed by atoms with E-state index in [9.17, 15) is 0 Å². The minimum atomic E-state index is 0.112. The lowest BCUT2D eigenvalue weighted by Gasteiger charge is -2.23. The Morgan fingerprint density at radius 3 is 2.24 bits per heavy atom. The van der Waals surface area contributed by atoms with Gasteiger partial charge in [0.2, 0.25) is 0 Å². The van der Waals surface area contributed by atoms with Crippen LogP contribution in [-0.2, 0) is 18.4 Å². The molecule has 0 N–H and O–H groups in total. The summed E-state index contributed by atoms with van der Waals surface area (Å²) in [6, 6.07) is 0. The highest BCUT2D eigenvalue weighted by Gasteiger charge is 2.50. The van der Waals surface area contributed by atoms with Crippen LogP contribution < -0.4 is 0 Å². The summed E-state index contributed by atoms with van der Waals surface area (Å²) in [6.45, 7) is 14.0. The third kappa shape index (κ3) is 3.05. The summed E-state index contributed by atoms with van der Waals surface area (Å²) < 4.78 is 2.28. The zero-order valence-corrected chi connectivity index (χ0v) is 14.7. The molecule has 1 saturated carbocycles. The fraction of sp³-hybridized carbons (Fsp3) is 0.842. The second-order valence-electron chi connectivity index (χ2n) is 9.53. The summed E-state index contributed by atoms with van der Waals surface area (Å²) in [7, 11) is 0. The van der Waals surface area contributed by atoms with Crippen LogP contribution in [-0.4, -0.2) is 9.78 Å². The lowest BCUT2D eigenvalue weighted by Crippen LogP contribution is -2.26. The number of hydrogen-bond acceptors (Lipinski definition) is 1. The fourth-order valence-corrected chi connectivity index (χ4v) is 4.48. The first-order valence-corrected chi connectivity index (χ1v) is 8.73. The molecule has 2 aliphatic carbocycles. The van der Waals surface area contributed by atoms with Crippen LogP contribution in [0.3, 0.4) is 0 Å². The molecule has 0 radical (unpaired) electrons. The van der Waals surface area contributed by atoms with E-state index in [1.54, 1.807) is 0 Å². The highest BCUT2D eigenvalue weighted by Crippen LogP contribution is 2.57. The summed E-state index contributed by atoms with van der Waals surface area (Å²) in [5, 5.41) is 4.69. The van der Waals surface area contributed by atoms with E-state index >= 15 is 0 Å². The molecular weight excluding hydrogens is 256 g/mol. The minimum Gasteiger partial charge on any atom is -0.264 e. The van der Waals surface area contributed by atoms with Crippen molar-refractivity contribution in [2.24, 2.45) is 23.2 Å². The van der Waals surface area contributed by atoms with Crippen molar-refractivity contribution < 1.29 is 0 Å². The average Bonchev–Trinajstić information content (AvgIpc) is 2.75. The van der Waals surface area contributed by atoms with Crippen LogP contribution in [0.1, 0.15) is 72.1 Å². The van der Waals surface area contributed by atoms with Crippen LogP contribution in [0.5, 0.6) is 0 Å². The molecule has 0 aliphatic heterocycles. The Bertz CT molecular complexity index is 513. The summed E-state index contributed by atoms with van der Waals surface area (Å²) in [6.07, 6.45) is 8.78. The number of fused-ring (bicyclic) bond motifs is 2. The Labute approximate surface area is 130 Å². The molecular formula is C19H32N2. The Morgan fingerprint density at radius 1 is 1.05 bits per heavy atom. The molecule has 0 aromatic carbocycles. The molecule has 1 aromatic heterocycles. The van der Waals surface area contributed by atoms with Crippen molar-refractivity contribution in [1.29, 1.82) is 0 Å².